The normalized spacial score (nSPS) is 17.4. The Morgan fingerprint density at radius 3 is 1.76 bits per heavy atom. The van der Waals surface area contributed by atoms with Crippen molar-refractivity contribution in [2.24, 2.45) is 17.3 Å². The van der Waals surface area contributed by atoms with Crippen LogP contribution in [-0.4, -0.2) is 6.15 Å². The minimum atomic E-state index is -0.878. The van der Waals surface area contributed by atoms with Crippen LogP contribution in [0.15, 0.2) is 9.56 Å². The third-order valence-electron chi connectivity index (χ3n) is 5.79. The molecule has 0 aromatic carbocycles. The summed E-state index contributed by atoms with van der Waals surface area (Å²) in [7, 11) is 0. The fourth-order valence-electron chi connectivity index (χ4n) is 3.58. The summed E-state index contributed by atoms with van der Waals surface area (Å²) in [6, 6.07) is 0. The van der Waals surface area contributed by atoms with Gasteiger partial charge in [-0.2, -0.15) is 15.1 Å². The molecule has 0 saturated carbocycles. The molecule has 0 rings (SSSR count). The molecule has 3 heteroatoms. The zero-order chi connectivity index (χ0) is 19.1. The van der Waals surface area contributed by atoms with Gasteiger partial charge in [0.1, 0.15) is 6.15 Å². The molecule has 0 heterocycles. The predicted molar refractivity (Wildman–Crippen MR) is 123 cm³/mol. The van der Waals surface area contributed by atoms with Gasteiger partial charge in [0.15, 0.2) is 0 Å². The summed E-state index contributed by atoms with van der Waals surface area (Å²) in [4.78, 5) is 0. The molecule has 0 fully saturated rings. The fraction of sp³-hybridized carbons (Fsp3) is 0.818. The Balaban J connectivity index is 0. The van der Waals surface area contributed by atoms with Gasteiger partial charge in [-0.05, 0) is 11.8 Å². The van der Waals surface area contributed by atoms with Gasteiger partial charge in [0.2, 0.25) is 0 Å². The van der Waals surface area contributed by atoms with E-state index in [9.17, 15) is 0 Å². The maximum atomic E-state index is 3.89. The number of hydrogen-bond acceptors (Lipinski definition) is 0. The standard InChI is InChI=1S/C22H41BI.Li/c1-11-12-13-14-15-23(19(6)17(2)3,20(7)18(4)5)21(24)16-22(8,9)10;/h16-20H,11-13H2,1-10H3;/q-1;+1/b21-16-;. The van der Waals surface area contributed by atoms with E-state index >= 15 is 0 Å². The van der Waals surface area contributed by atoms with E-state index in [0.29, 0.717) is 23.5 Å². The van der Waals surface area contributed by atoms with Crippen molar-refractivity contribution in [3.05, 3.63) is 9.56 Å². The second-order valence-electron chi connectivity index (χ2n) is 9.53. The molecule has 2 atom stereocenters. The maximum Gasteiger partial charge on any atom is 1.00 e. The third kappa shape index (κ3) is 8.49. The second-order valence-corrected chi connectivity index (χ2v) is 10.8. The van der Waals surface area contributed by atoms with E-state index in [1.165, 1.54) is 16.3 Å². The molecule has 0 radical (unpaired) electrons. The van der Waals surface area contributed by atoms with Crippen LogP contribution in [0.25, 0.3) is 0 Å². The first-order valence-corrected chi connectivity index (χ1v) is 11.0. The first-order chi connectivity index (χ1) is 10.9. The molecule has 0 aliphatic heterocycles. The van der Waals surface area contributed by atoms with Gasteiger partial charge in [-0.25, -0.2) is 0 Å². The van der Waals surface area contributed by atoms with E-state index in [1.807, 2.05) is 0 Å². The molecule has 2 unspecified atom stereocenters. The predicted octanol–water partition coefficient (Wildman–Crippen LogP) is 5.17. The van der Waals surface area contributed by atoms with Crippen LogP contribution in [0.1, 0.15) is 88.5 Å². The van der Waals surface area contributed by atoms with Crippen LogP contribution in [-0.2, 0) is 0 Å². The van der Waals surface area contributed by atoms with Crippen LogP contribution < -0.4 is 18.9 Å². The third-order valence-corrected chi connectivity index (χ3v) is 7.13. The number of hydrogen-bond donors (Lipinski definition) is 0. The van der Waals surface area contributed by atoms with Gasteiger partial charge in [-0.3, -0.25) is 0 Å². The van der Waals surface area contributed by atoms with Gasteiger partial charge < -0.3 is 5.82 Å². The number of allylic oxidation sites excluding steroid dienone is 1. The van der Waals surface area contributed by atoms with E-state index in [-0.39, 0.29) is 24.3 Å². The molecule has 0 bridgehead atoms. The molecule has 0 aliphatic carbocycles. The van der Waals surface area contributed by atoms with E-state index < -0.39 is 6.15 Å². The van der Waals surface area contributed by atoms with E-state index in [2.05, 4.69) is 110 Å². The summed E-state index contributed by atoms with van der Waals surface area (Å²) >= 11 is 2.63. The molecule has 0 N–H and O–H groups in total. The van der Waals surface area contributed by atoms with Crippen molar-refractivity contribution in [3.8, 4) is 11.7 Å². The minimum Gasteiger partial charge on any atom is -0.308 e. The smallest absolute Gasteiger partial charge is 0.308 e. The Morgan fingerprint density at radius 1 is 1.00 bits per heavy atom. The van der Waals surface area contributed by atoms with Gasteiger partial charge in [-0.1, -0.05) is 110 Å². The van der Waals surface area contributed by atoms with Crippen molar-refractivity contribution in [2.45, 2.75) is 100 Å². The quantitative estimate of drug-likeness (QED) is 0.217. The van der Waals surface area contributed by atoms with E-state index in [4.69, 9.17) is 0 Å². The molecule has 25 heavy (non-hydrogen) atoms. The average molecular weight is 450 g/mol. The van der Waals surface area contributed by atoms with Gasteiger partial charge >= 0.3 is 18.9 Å². The molecule has 0 amide bonds. The van der Waals surface area contributed by atoms with Gasteiger partial charge in [-0.15, -0.1) is 12.0 Å². The Labute approximate surface area is 185 Å². The Morgan fingerprint density at radius 2 is 1.44 bits per heavy atom. The Kier molecular flexibility index (Phi) is 13.6. The molecule has 0 spiro atoms. The zero-order valence-corrected chi connectivity index (χ0v) is 21.1. The molecule has 0 aromatic heterocycles. The van der Waals surface area contributed by atoms with Crippen molar-refractivity contribution in [1.29, 1.82) is 0 Å². The van der Waals surface area contributed by atoms with Crippen LogP contribution in [0.2, 0.25) is 11.6 Å². The first kappa shape index (κ1) is 27.9. The van der Waals surface area contributed by atoms with Crippen LogP contribution in [0.5, 0.6) is 0 Å². The van der Waals surface area contributed by atoms with Crippen LogP contribution in [0.4, 0.5) is 0 Å². The number of rotatable bonds is 7. The topological polar surface area (TPSA) is 0 Å². The number of unbranched alkanes of at least 4 members (excludes halogenated alkanes) is 2. The largest absolute Gasteiger partial charge is 1.00 e. The maximum absolute atomic E-state index is 3.89. The summed E-state index contributed by atoms with van der Waals surface area (Å²) in [6.45, 7) is 23.5. The molecule has 140 valence electrons. The summed E-state index contributed by atoms with van der Waals surface area (Å²) < 4.78 is 1.51. The van der Waals surface area contributed by atoms with Crippen molar-refractivity contribution in [3.63, 3.8) is 0 Å². The molecule has 0 aliphatic rings. The van der Waals surface area contributed by atoms with Crippen molar-refractivity contribution in [2.75, 3.05) is 0 Å². The van der Waals surface area contributed by atoms with Gasteiger partial charge in [0.05, 0.1) is 0 Å². The molecular weight excluding hydrogens is 409 g/mol. The first-order valence-electron chi connectivity index (χ1n) is 9.95. The SMILES string of the molecule is CCCCC#C[B-](/C(I)=C/C(C)(C)C)(C(C)C(C)C)C(C)C(C)C.[Li+]. The summed E-state index contributed by atoms with van der Waals surface area (Å²) in [5, 5.41) is 0. The number of halogens is 1. The Hall–Kier alpha value is 0.692. The molecule has 0 saturated heterocycles. The fourth-order valence-corrected chi connectivity index (χ4v) is 5.81. The van der Waals surface area contributed by atoms with Crippen LogP contribution >= 0.6 is 22.6 Å². The Bertz CT molecular complexity index is 449. The van der Waals surface area contributed by atoms with Crippen molar-refractivity contribution >= 4 is 28.7 Å². The minimum absolute atomic E-state index is 0. The molecule has 0 nitrogen and oxygen atoms in total. The van der Waals surface area contributed by atoms with Gasteiger partial charge in [0, 0.05) is 6.42 Å². The summed E-state index contributed by atoms with van der Waals surface area (Å²) in [5.41, 5.74) is 0.196. The monoisotopic (exact) mass is 450 g/mol. The summed E-state index contributed by atoms with van der Waals surface area (Å²) in [6.07, 6.45) is 5.08. The van der Waals surface area contributed by atoms with Crippen molar-refractivity contribution < 1.29 is 18.9 Å². The van der Waals surface area contributed by atoms with Gasteiger partial charge in [0.25, 0.3) is 0 Å². The van der Waals surface area contributed by atoms with E-state index in [0.717, 1.165) is 6.42 Å². The zero-order valence-electron chi connectivity index (χ0n) is 19.0. The second kappa shape index (κ2) is 12.2. The van der Waals surface area contributed by atoms with Crippen molar-refractivity contribution in [1.82, 2.24) is 0 Å². The van der Waals surface area contributed by atoms with Crippen LogP contribution in [0, 0.1) is 29.0 Å². The molecule has 0 aromatic rings. The summed E-state index contributed by atoms with van der Waals surface area (Å²) in [5.74, 6) is 9.97. The van der Waals surface area contributed by atoms with Crippen LogP contribution in [0.3, 0.4) is 0 Å². The molecular formula is C22H41BILi. The van der Waals surface area contributed by atoms with E-state index in [1.54, 1.807) is 0 Å². The average Bonchev–Trinajstić information content (AvgIpc) is 2.44.